The Kier molecular flexibility index (Phi) is 7.59. The molecule has 7 heteroatoms. The topological polar surface area (TPSA) is 66.5 Å². The van der Waals surface area contributed by atoms with E-state index in [2.05, 4.69) is 24.4 Å². The minimum Gasteiger partial charge on any atom is -0.348 e. The number of nitrogens with one attached hydrogen (secondary N) is 1. The van der Waals surface area contributed by atoms with Crippen LogP contribution >= 0.6 is 11.6 Å². The van der Waals surface area contributed by atoms with E-state index in [0.29, 0.717) is 17.1 Å². The van der Waals surface area contributed by atoms with Gasteiger partial charge in [-0.15, -0.1) is 0 Å². The van der Waals surface area contributed by atoms with Crippen LogP contribution in [0.15, 0.2) is 30.3 Å². The minimum atomic E-state index is -3.72. The van der Waals surface area contributed by atoms with Crippen LogP contribution in [0, 0.1) is 27.7 Å². The molecule has 0 fully saturated rings. The molecule has 1 amide bonds. The van der Waals surface area contributed by atoms with E-state index in [1.54, 1.807) is 32.0 Å². The molecule has 0 aliphatic rings. The third kappa shape index (κ3) is 5.35. The first-order valence-electron chi connectivity index (χ1n) is 10.0. The second kappa shape index (κ2) is 9.40. The van der Waals surface area contributed by atoms with Crippen molar-refractivity contribution >= 4 is 33.2 Å². The van der Waals surface area contributed by atoms with Crippen LogP contribution < -0.4 is 9.62 Å². The second-order valence-electron chi connectivity index (χ2n) is 7.94. The average molecular weight is 451 g/mol. The Morgan fingerprint density at radius 1 is 1.03 bits per heavy atom. The Hall–Kier alpha value is -2.05. The monoisotopic (exact) mass is 450 g/mol. The fraction of sp³-hybridized carbons (Fsp3) is 0.435. The maximum atomic E-state index is 13.2. The van der Waals surface area contributed by atoms with E-state index in [4.69, 9.17) is 11.6 Å². The van der Waals surface area contributed by atoms with Gasteiger partial charge in [0.2, 0.25) is 15.9 Å². The highest BCUT2D eigenvalue weighted by Gasteiger charge is 2.33. The van der Waals surface area contributed by atoms with E-state index in [9.17, 15) is 13.2 Å². The Balaban J connectivity index is 2.41. The number of amides is 1. The van der Waals surface area contributed by atoms with Gasteiger partial charge >= 0.3 is 0 Å². The third-order valence-electron chi connectivity index (χ3n) is 5.45. The van der Waals surface area contributed by atoms with Crippen molar-refractivity contribution in [3.05, 3.63) is 63.2 Å². The van der Waals surface area contributed by atoms with Gasteiger partial charge in [-0.05, 0) is 81.0 Å². The first-order valence-corrected chi connectivity index (χ1v) is 12.2. The SMILES string of the molecule is CC[C@H](C(=O)N[C@H](C)c1cc(C)c(C)cc1C)N(c1cc(Cl)ccc1C)S(C)(=O)=O. The molecule has 5 nitrogen and oxygen atoms in total. The summed E-state index contributed by atoms with van der Waals surface area (Å²) in [7, 11) is -3.72. The summed E-state index contributed by atoms with van der Waals surface area (Å²) in [5.41, 5.74) is 5.60. The summed E-state index contributed by atoms with van der Waals surface area (Å²) in [5, 5.41) is 3.43. The predicted molar refractivity (Wildman–Crippen MR) is 125 cm³/mol. The smallest absolute Gasteiger partial charge is 0.244 e. The van der Waals surface area contributed by atoms with Crippen molar-refractivity contribution in [1.29, 1.82) is 0 Å². The molecule has 0 aromatic heterocycles. The molecule has 0 radical (unpaired) electrons. The maximum absolute atomic E-state index is 13.2. The standard InChI is InChI=1S/C23H31ClN2O3S/c1-8-21(26(30(7,28)29)22-13-19(24)10-9-14(22)2)23(27)25-18(6)20-12-16(4)15(3)11-17(20)5/h9-13,18,21H,8H2,1-7H3,(H,25,27)/t18-,21-/m1/s1. The molecule has 0 heterocycles. The van der Waals surface area contributed by atoms with E-state index in [1.165, 1.54) is 9.87 Å². The number of aryl methyl sites for hydroxylation is 4. The van der Waals surface area contributed by atoms with Gasteiger partial charge in [0.1, 0.15) is 6.04 Å². The number of hydrogen-bond donors (Lipinski definition) is 1. The summed E-state index contributed by atoms with van der Waals surface area (Å²) in [6.07, 6.45) is 1.43. The van der Waals surface area contributed by atoms with Crippen LogP contribution in [0.2, 0.25) is 5.02 Å². The zero-order valence-corrected chi connectivity index (χ0v) is 20.3. The molecule has 0 saturated heterocycles. The summed E-state index contributed by atoms with van der Waals surface area (Å²) in [4.78, 5) is 13.2. The lowest BCUT2D eigenvalue weighted by atomic mass is 9.96. The van der Waals surface area contributed by atoms with Gasteiger partial charge in [-0.2, -0.15) is 0 Å². The van der Waals surface area contributed by atoms with Crippen molar-refractivity contribution in [3.8, 4) is 0 Å². The number of anilines is 1. The fourth-order valence-electron chi connectivity index (χ4n) is 3.69. The van der Waals surface area contributed by atoms with Crippen LogP contribution in [0.5, 0.6) is 0 Å². The van der Waals surface area contributed by atoms with Gasteiger partial charge in [-0.25, -0.2) is 8.42 Å². The van der Waals surface area contributed by atoms with Crippen molar-refractivity contribution < 1.29 is 13.2 Å². The van der Waals surface area contributed by atoms with E-state index in [1.807, 2.05) is 20.8 Å². The Bertz CT molecular complexity index is 1050. The van der Waals surface area contributed by atoms with Gasteiger partial charge in [0.15, 0.2) is 0 Å². The summed E-state index contributed by atoms with van der Waals surface area (Å²) >= 11 is 6.13. The van der Waals surface area contributed by atoms with Crippen molar-refractivity contribution in [1.82, 2.24) is 5.32 Å². The van der Waals surface area contributed by atoms with Gasteiger partial charge in [0.25, 0.3) is 0 Å². The molecule has 0 aliphatic carbocycles. The molecule has 0 saturated carbocycles. The zero-order valence-electron chi connectivity index (χ0n) is 18.7. The maximum Gasteiger partial charge on any atom is 0.244 e. The molecule has 1 N–H and O–H groups in total. The van der Waals surface area contributed by atoms with Crippen LogP contribution in [-0.4, -0.2) is 26.6 Å². The molecular weight excluding hydrogens is 420 g/mol. The first kappa shape index (κ1) is 24.2. The van der Waals surface area contributed by atoms with E-state index >= 15 is 0 Å². The van der Waals surface area contributed by atoms with E-state index < -0.39 is 16.1 Å². The van der Waals surface area contributed by atoms with Crippen LogP contribution in [0.1, 0.15) is 54.1 Å². The van der Waals surface area contributed by atoms with Gasteiger partial charge in [-0.1, -0.05) is 36.7 Å². The van der Waals surface area contributed by atoms with Crippen molar-refractivity contribution in [2.24, 2.45) is 0 Å². The molecule has 2 atom stereocenters. The molecular formula is C23H31ClN2O3S. The lowest BCUT2D eigenvalue weighted by Crippen LogP contribution is -2.50. The summed E-state index contributed by atoms with van der Waals surface area (Å²) in [5.74, 6) is -0.340. The number of sulfonamides is 1. The molecule has 2 rings (SSSR count). The lowest BCUT2D eigenvalue weighted by molar-refractivity contribution is -0.122. The number of hydrogen-bond acceptors (Lipinski definition) is 3. The van der Waals surface area contributed by atoms with Crippen LogP contribution in [-0.2, 0) is 14.8 Å². The molecule has 0 unspecified atom stereocenters. The minimum absolute atomic E-state index is 0.257. The molecule has 0 spiro atoms. The Labute approximate surface area is 185 Å². The van der Waals surface area contributed by atoms with Crippen LogP contribution in [0.25, 0.3) is 0 Å². The van der Waals surface area contributed by atoms with E-state index in [-0.39, 0.29) is 11.9 Å². The van der Waals surface area contributed by atoms with Crippen LogP contribution in [0.4, 0.5) is 5.69 Å². The van der Waals surface area contributed by atoms with Crippen molar-refractivity contribution in [2.75, 3.05) is 10.6 Å². The Morgan fingerprint density at radius 2 is 1.63 bits per heavy atom. The predicted octanol–water partition coefficient (Wildman–Crippen LogP) is 5.00. The second-order valence-corrected chi connectivity index (χ2v) is 10.2. The largest absolute Gasteiger partial charge is 0.348 e. The average Bonchev–Trinajstić information content (AvgIpc) is 2.63. The van der Waals surface area contributed by atoms with Gasteiger partial charge in [0.05, 0.1) is 18.0 Å². The number of benzene rings is 2. The lowest BCUT2D eigenvalue weighted by Gasteiger charge is -2.32. The molecule has 2 aromatic rings. The van der Waals surface area contributed by atoms with Gasteiger partial charge < -0.3 is 5.32 Å². The molecule has 30 heavy (non-hydrogen) atoms. The highest BCUT2D eigenvalue weighted by atomic mass is 35.5. The fourth-order valence-corrected chi connectivity index (χ4v) is 5.12. The number of rotatable bonds is 7. The Morgan fingerprint density at radius 3 is 2.20 bits per heavy atom. The summed E-state index contributed by atoms with van der Waals surface area (Å²) in [6.45, 7) is 11.6. The van der Waals surface area contributed by atoms with Gasteiger partial charge in [0, 0.05) is 5.02 Å². The zero-order chi connectivity index (χ0) is 22.8. The molecule has 0 bridgehead atoms. The molecule has 164 valence electrons. The van der Waals surface area contributed by atoms with Crippen molar-refractivity contribution in [3.63, 3.8) is 0 Å². The number of halogens is 1. The van der Waals surface area contributed by atoms with Crippen molar-refractivity contribution in [2.45, 2.75) is 60.0 Å². The van der Waals surface area contributed by atoms with Crippen LogP contribution in [0.3, 0.4) is 0 Å². The highest BCUT2D eigenvalue weighted by molar-refractivity contribution is 7.92. The number of nitrogens with zero attached hydrogens (tertiary/aromatic N) is 1. The third-order valence-corrected chi connectivity index (χ3v) is 6.85. The summed E-state index contributed by atoms with van der Waals surface area (Å²) < 4.78 is 26.6. The first-order chi connectivity index (χ1) is 13.9. The molecule has 0 aliphatic heterocycles. The highest BCUT2D eigenvalue weighted by Crippen LogP contribution is 2.30. The summed E-state index contributed by atoms with van der Waals surface area (Å²) in [6, 6.07) is 8.08. The number of carbonyl (C=O) groups is 1. The van der Waals surface area contributed by atoms with E-state index in [0.717, 1.165) is 28.5 Å². The van der Waals surface area contributed by atoms with Gasteiger partial charge in [-0.3, -0.25) is 9.10 Å². The normalized spacial score (nSPS) is 13.6. The quantitative estimate of drug-likeness (QED) is 0.645. The molecule has 2 aromatic carbocycles. The number of carbonyl (C=O) groups excluding carboxylic acids is 1.